The molecule has 1 aromatic carbocycles. The van der Waals surface area contributed by atoms with E-state index in [1.54, 1.807) is 0 Å². The average Bonchev–Trinajstić information content (AvgIpc) is 2.55. The molecule has 0 amide bonds. The van der Waals surface area contributed by atoms with Crippen molar-refractivity contribution < 1.29 is 0 Å². The monoisotopic (exact) mass is 251 g/mol. The number of nitrogens with one attached hydrogen (secondary N) is 1. The Morgan fingerprint density at radius 2 is 2.06 bits per heavy atom. The van der Waals surface area contributed by atoms with E-state index in [0.717, 1.165) is 11.6 Å². The van der Waals surface area contributed by atoms with E-state index in [2.05, 4.69) is 37.4 Å². The fourth-order valence-electron chi connectivity index (χ4n) is 2.94. The van der Waals surface area contributed by atoms with Crippen LogP contribution in [0.3, 0.4) is 0 Å². The molecule has 2 heteroatoms. The highest BCUT2D eigenvalue weighted by atomic mass is 35.5. The lowest BCUT2D eigenvalue weighted by Crippen LogP contribution is -2.46. The number of benzene rings is 1. The Bertz CT molecular complexity index is 365. The molecular formula is C15H22ClN. The van der Waals surface area contributed by atoms with Gasteiger partial charge in [-0.3, -0.25) is 0 Å². The second-order valence-electron chi connectivity index (χ2n) is 5.37. The lowest BCUT2D eigenvalue weighted by Gasteiger charge is -2.38. The fraction of sp³-hybridized carbons (Fsp3) is 0.600. The molecule has 1 aliphatic heterocycles. The van der Waals surface area contributed by atoms with Crippen LogP contribution in [0.15, 0.2) is 24.3 Å². The van der Waals surface area contributed by atoms with Crippen LogP contribution < -0.4 is 5.32 Å². The first-order chi connectivity index (χ1) is 8.15. The molecule has 94 valence electrons. The van der Waals surface area contributed by atoms with Gasteiger partial charge in [-0.05, 0) is 43.0 Å². The van der Waals surface area contributed by atoms with E-state index in [1.165, 1.54) is 31.2 Å². The third-order valence-corrected chi connectivity index (χ3v) is 4.25. The Hall–Kier alpha value is -0.530. The minimum atomic E-state index is 0.113. The Balaban J connectivity index is 2.39. The minimum Gasteiger partial charge on any atom is -0.307 e. The molecule has 2 rings (SSSR count). The molecular weight excluding hydrogens is 230 g/mol. The highest BCUT2D eigenvalue weighted by Crippen LogP contribution is 2.37. The molecule has 1 nitrogen and oxygen atoms in total. The molecule has 1 aliphatic rings. The van der Waals surface area contributed by atoms with Crippen molar-refractivity contribution in [2.24, 2.45) is 5.92 Å². The summed E-state index contributed by atoms with van der Waals surface area (Å²) in [7, 11) is 0. The number of hydrogen-bond acceptors (Lipinski definition) is 1. The maximum atomic E-state index is 6.14. The molecule has 1 saturated heterocycles. The summed E-state index contributed by atoms with van der Waals surface area (Å²) in [5.41, 5.74) is 1.46. The molecule has 17 heavy (non-hydrogen) atoms. The first-order valence-electron chi connectivity index (χ1n) is 6.66. The predicted octanol–water partition coefficient (Wildman–Crippen LogP) is 4.35. The van der Waals surface area contributed by atoms with Crippen LogP contribution in [0.4, 0.5) is 0 Å². The Labute approximate surface area is 110 Å². The summed E-state index contributed by atoms with van der Waals surface area (Å²) in [5.74, 6) is 0.582. The van der Waals surface area contributed by atoms with E-state index in [1.807, 2.05) is 6.07 Å². The summed E-state index contributed by atoms with van der Waals surface area (Å²) in [6.45, 7) is 5.73. The van der Waals surface area contributed by atoms with Crippen LogP contribution in [0.5, 0.6) is 0 Å². The number of hydrogen-bond donors (Lipinski definition) is 1. The molecule has 0 radical (unpaired) electrons. The van der Waals surface area contributed by atoms with Gasteiger partial charge in [0.1, 0.15) is 0 Å². The van der Waals surface area contributed by atoms with Gasteiger partial charge in [0.05, 0.1) is 0 Å². The molecule has 0 aliphatic carbocycles. The standard InChI is InChI=1S/C15H22ClN/c1-12(2)15(9-4-3-5-10-17-15)13-7-6-8-14(16)11-13/h6-8,11-12,17H,3-5,9-10H2,1-2H3. The maximum absolute atomic E-state index is 6.14. The topological polar surface area (TPSA) is 12.0 Å². The second-order valence-corrected chi connectivity index (χ2v) is 5.81. The van der Waals surface area contributed by atoms with Crippen molar-refractivity contribution >= 4 is 11.6 Å². The lowest BCUT2D eigenvalue weighted by molar-refractivity contribution is 0.231. The molecule has 0 bridgehead atoms. The Kier molecular flexibility index (Phi) is 4.11. The summed E-state index contributed by atoms with van der Waals surface area (Å²) in [4.78, 5) is 0. The zero-order valence-corrected chi connectivity index (χ0v) is 11.6. The molecule has 0 spiro atoms. The van der Waals surface area contributed by atoms with E-state index in [0.29, 0.717) is 5.92 Å². The van der Waals surface area contributed by atoms with E-state index in [9.17, 15) is 0 Å². The van der Waals surface area contributed by atoms with Crippen LogP contribution in [0.2, 0.25) is 5.02 Å². The van der Waals surface area contributed by atoms with E-state index in [-0.39, 0.29) is 5.54 Å². The van der Waals surface area contributed by atoms with Crippen LogP contribution in [0.1, 0.15) is 45.1 Å². The second kappa shape index (κ2) is 5.41. The summed E-state index contributed by atoms with van der Waals surface area (Å²) < 4.78 is 0. The molecule has 1 heterocycles. The SMILES string of the molecule is CC(C)C1(c2cccc(Cl)c2)CCCCCN1. The Morgan fingerprint density at radius 1 is 1.24 bits per heavy atom. The van der Waals surface area contributed by atoms with Gasteiger partial charge in [-0.25, -0.2) is 0 Å². The highest BCUT2D eigenvalue weighted by molar-refractivity contribution is 6.30. The van der Waals surface area contributed by atoms with Crippen molar-refractivity contribution in [1.29, 1.82) is 0 Å². The third kappa shape index (κ3) is 2.66. The van der Waals surface area contributed by atoms with Crippen LogP contribution in [-0.2, 0) is 5.54 Å². The largest absolute Gasteiger partial charge is 0.307 e. The zero-order chi connectivity index (χ0) is 12.3. The summed E-state index contributed by atoms with van der Waals surface area (Å²) in [6.07, 6.45) is 5.14. The highest BCUT2D eigenvalue weighted by Gasteiger charge is 2.35. The minimum absolute atomic E-state index is 0.113. The van der Waals surface area contributed by atoms with Crippen molar-refractivity contribution in [2.45, 2.75) is 45.1 Å². The van der Waals surface area contributed by atoms with E-state index in [4.69, 9.17) is 11.6 Å². The number of rotatable bonds is 2. The quantitative estimate of drug-likeness (QED) is 0.824. The van der Waals surface area contributed by atoms with E-state index < -0.39 is 0 Å². The van der Waals surface area contributed by atoms with Crippen LogP contribution in [0.25, 0.3) is 0 Å². The summed E-state index contributed by atoms with van der Waals surface area (Å²) in [5, 5.41) is 4.62. The van der Waals surface area contributed by atoms with Crippen molar-refractivity contribution in [3.05, 3.63) is 34.9 Å². The smallest absolute Gasteiger partial charge is 0.0458 e. The van der Waals surface area contributed by atoms with Gasteiger partial charge in [0, 0.05) is 10.6 Å². The summed E-state index contributed by atoms with van der Waals surface area (Å²) >= 11 is 6.14. The van der Waals surface area contributed by atoms with E-state index >= 15 is 0 Å². The molecule has 1 aromatic rings. The van der Waals surface area contributed by atoms with Gasteiger partial charge in [0.15, 0.2) is 0 Å². The van der Waals surface area contributed by atoms with Gasteiger partial charge in [-0.1, -0.05) is 50.4 Å². The molecule has 0 saturated carbocycles. The third-order valence-electron chi connectivity index (χ3n) is 4.01. The van der Waals surface area contributed by atoms with Gasteiger partial charge in [0.25, 0.3) is 0 Å². The fourth-order valence-corrected chi connectivity index (χ4v) is 3.13. The van der Waals surface area contributed by atoms with Crippen molar-refractivity contribution in [1.82, 2.24) is 5.32 Å². The molecule has 1 atom stereocenters. The zero-order valence-electron chi connectivity index (χ0n) is 10.8. The van der Waals surface area contributed by atoms with Gasteiger partial charge in [-0.15, -0.1) is 0 Å². The molecule has 0 aromatic heterocycles. The first kappa shape index (κ1) is 12.9. The lowest BCUT2D eigenvalue weighted by atomic mass is 9.76. The van der Waals surface area contributed by atoms with Crippen molar-refractivity contribution in [2.75, 3.05) is 6.54 Å². The normalized spacial score (nSPS) is 25.9. The average molecular weight is 252 g/mol. The number of halogens is 1. The molecule has 1 N–H and O–H groups in total. The van der Waals surface area contributed by atoms with Crippen LogP contribution in [0, 0.1) is 5.92 Å². The van der Waals surface area contributed by atoms with Gasteiger partial charge < -0.3 is 5.32 Å². The van der Waals surface area contributed by atoms with Gasteiger partial charge in [0.2, 0.25) is 0 Å². The summed E-state index contributed by atoms with van der Waals surface area (Å²) in [6, 6.07) is 8.36. The predicted molar refractivity (Wildman–Crippen MR) is 74.4 cm³/mol. The Morgan fingerprint density at radius 3 is 2.76 bits per heavy atom. The maximum Gasteiger partial charge on any atom is 0.0458 e. The van der Waals surface area contributed by atoms with Crippen LogP contribution in [-0.4, -0.2) is 6.54 Å². The first-order valence-corrected chi connectivity index (χ1v) is 7.04. The molecule has 1 fully saturated rings. The van der Waals surface area contributed by atoms with Gasteiger partial charge in [-0.2, -0.15) is 0 Å². The molecule has 1 unspecified atom stereocenters. The van der Waals surface area contributed by atoms with Crippen LogP contribution >= 0.6 is 11.6 Å². The van der Waals surface area contributed by atoms with Crippen molar-refractivity contribution in [3.63, 3.8) is 0 Å². The van der Waals surface area contributed by atoms with Gasteiger partial charge >= 0.3 is 0 Å². The van der Waals surface area contributed by atoms with Crippen molar-refractivity contribution in [3.8, 4) is 0 Å².